The van der Waals surface area contributed by atoms with Gasteiger partial charge in [0.05, 0.1) is 29.6 Å². The lowest BCUT2D eigenvalue weighted by Gasteiger charge is -2.05. The summed E-state index contributed by atoms with van der Waals surface area (Å²) in [6.45, 7) is 2.00. The van der Waals surface area contributed by atoms with Gasteiger partial charge in [0, 0.05) is 23.4 Å². The number of fused-ring (bicyclic) bond motifs is 2. The molecule has 2 N–H and O–H groups in total. The van der Waals surface area contributed by atoms with Crippen molar-refractivity contribution in [2.75, 3.05) is 11.9 Å². The third-order valence-electron chi connectivity index (χ3n) is 4.09. The maximum atomic E-state index is 12.3. The van der Waals surface area contributed by atoms with E-state index in [1.807, 2.05) is 18.2 Å². The first kappa shape index (κ1) is 15.9. The minimum absolute atomic E-state index is 0.236. The van der Waals surface area contributed by atoms with E-state index in [2.05, 4.69) is 25.5 Å². The van der Waals surface area contributed by atoms with Gasteiger partial charge in [-0.15, -0.1) is 0 Å². The zero-order valence-corrected chi connectivity index (χ0v) is 13.9. The number of aromatic amines is 1. The summed E-state index contributed by atoms with van der Waals surface area (Å²) in [5, 5.41) is 10.5. The summed E-state index contributed by atoms with van der Waals surface area (Å²) >= 11 is 0. The first-order valence-electron chi connectivity index (χ1n) is 8.11. The van der Waals surface area contributed by atoms with Crippen LogP contribution in [-0.4, -0.2) is 39.9 Å². The van der Waals surface area contributed by atoms with Gasteiger partial charge < -0.3 is 10.1 Å². The quantitative estimate of drug-likeness (QED) is 0.556. The normalized spacial score (nSPS) is 16.0. The van der Waals surface area contributed by atoms with Gasteiger partial charge >= 0.3 is 5.97 Å². The molecule has 1 aliphatic heterocycles. The highest BCUT2D eigenvalue weighted by Crippen LogP contribution is 2.31. The fourth-order valence-electron chi connectivity index (χ4n) is 2.80. The Morgan fingerprint density at radius 2 is 2.23 bits per heavy atom. The number of carbonyl (C=O) groups excluding carboxylic acids is 2. The number of ether oxygens (including phenoxy) is 1. The van der Waals surface area contributed by atoms with Crippen molar-refractivity contribution in [1.29, 1.82) is 0 Å². The average Bonchev–Trinajstić information content (AvgIpc) is 3.22. The van der Waals surface area contributed by atoms with Gasteiger partial charge in [-0.1, -0.05) is 0 Å². The molecule has 0 saturated heterocycles. The zero-order chi connectivity index (χ0) is 18.1. The molecule has 1 unspecified atom stereocenters. The topological polar surface area (TPSA) is 109 Å². The predicted octanol–water partition coefficient (Wildman–Crippen LogP) is 2.57. The van der Waals surface area contributed by atoms with Crippen molar-refractivity contribution < 1.29 is 14.3 Å². The first-order chi connectivity index (χ1) is 12.7. The number of nitrogens with one attached hydrogen (secondary N) is 2. The monoisotopic (exact) mass is 349 g/mol. The number of hydrogen-bond acceptors (Lipinski definition) is 6. The van der Waals surface area contributed by atoms with Crippen LogP contribution < -0.4 is 5.32 Å². The standard InChI is InChI=1S/C18H15N5O3/c1-2-26-18(25)11-5-13-14(17(24)22-16(13)20-7-11)9-19-12-4-3-10-8-21-23-15(10)6-12/h3-9,14H,2H2,1H3,(H,21,23)(H,20,22,24). The van der Waals surface area contributed by atoms with Crippen molar-refractivity contribution in [3.8, 4) is 0 Å². The third-order valence-corrected chi connectivity index (χ3v) is 4.09. The lowest BCUT2D eigenvalue weighted by molar-refractivity contribution is -0.115. The fraction of sp³-hybridized carbons (Fsp3) is 0.167. The van der Waals surface area contributed by atoms with Crippen LogP contribution in [0.3, 0.4) is 0 Å². The van der Waals surface area contributed by atoms with Crippen molar-refractivity contribution in [2.24, 2.45) is 4.99 Å². The van der Waals surface area contributed by atoms with Crippen LogP contribution >= 0.6 is 0 Å². The SMILES string of the molecule is CCOC(=O)c1cnc2c(c1)C(C=Nc1ccc3cn[nH]c3c1)C(=O)N2. The van der Waals surface area contributed by atoms with Gasteiger partial charge in [0.25, 0.3) is 0 Å². The summed E-state index contributed by atoms with van der Waals surface area (Å²) in [4.78, 5) is 32.7. The van der Waals surface area contributed by atoms with E-state index in [1.165, 1.54) is 6.20 Å². The van der Waals surface area contributed by atoms with Gasteiger partial charge in [0.2, 0.25) is 5.91 Å². The van der Waals surface area contributed by atoms with Crippen LogP contribution in [0.4, 0.5) is 11.5 Å². The van der Waals surface area contributed by atoms with Crippen molar-refractivity contribution in [2.45, 2.75) is 12.8 Å². The zero-order valence-electron chi connectivity index (χ0n) is 13.9. The van der Waals surface area contributed by atoms with E-state index in [0.717, 1.165) is 10.9 Å². The Morgan fingerprint density at radius 1 is 1.35 bits per heavy atom. The Hall–Kier alpha value is -3.55. The summed E-state index contributed by atoms with van der Waals surface area (Å²) in [5.41, 5.74) is 2.46. The summed E-state index contributed by atoms with van der Waals surface area (Å²) in [6, 6.07) is 7.21. The molecule has 1 aliphatic rings. The molecule has 0 saturated carbocycles. The van der Waals surface area contributed by atoms with E-state index in [0.29, 0.717) is 22.6 Å². The van der Waals surface area contributed by atoms with Gasteiger partial charge in [0.1, 0.15) is 11.7 Å². The predicted molar refractivity (Wildman–Crippen MR) is 95.8 cm³/mol. The van der Waals surface area contributed by atoms with Gasteiger partial charge in [-0.25, -0.2) is 9.78 Å². The van der Waals surface area contributed by atoms with E-state index in [4.69, 9.17) is 4.74 Å². The third kappa shape index (κ3) is 2.81. The first-order valence-corrected chi connectivity index (χ1v) is 8.11. The highest BCUT2D eigenvalue weighted by Gasteiger charge is 2.31. The van der Waals surface area contributed by atoms with E-state index in [1.54, 1.807) is 25.4 Å². The summed E-state index contributed by atoms with van der Waals surface area (Å²) < 4.78 is 4.99. The molecule has 4 rings (SSSR count). The maximum Gasteiger partial charge on any atom is 0.339 e. The second-order valence-corrected chi connectivity index (χ2v) is 5.77. The number of benzene rings is 1. The molecule has 2 aromatic heterocycles. The molecule has 1 amide bonds. The molecule has 130 valence electrons. The number of H-pyrrole nitrogens is 1. The Morgan fingerprint density at radius 3 is 3.08 bits per heavy atom. The van der Waals surface area contributed by atoms with Crippen LogP contribution in [0.15, 0.2) is 41.7 Å². The molecule has 8 heteroatoms. The number of hydrogen-bond donors (Lipinski definition) is 2. The Labute approximate surface area is 148 Å². The van der Waals surface area contributed by atoms with Crippen LogP contribution in [-0.2, 0) is 9.53 Å². The maximum absolute atomic E-state index is 12.3. The van der Waals surface area contributed by atoms with Crippen LogP contribution in [0.2, 0.25) is 0 Å². The molecule has 0 fully saturated rings. The number of carbonyl (C=O) groups is 2. The second kappa shape index (κ2) is 6.40. The molecular weight excluding hydrogens is 334 g/mol. The Balaban J connectivity index is 1.64. The van der Waals surface area contributed by atoms with Crippen molar-refractivity contribution in [3.05, 3.63) is 47.8 Å². The number of amides is 1. The Bertz CT molecular complexity index is 1040. The number of esters is 1. The fourth-order valence-corrected chi connectivity index (χ4v) is 2.80. The smallest absolute Gasteiger partial charge is 0.339 e. The molecule has 0 radical (unpaired) electrons. The molecule has 8 nitrogen and oxygen atoms in total. The van der Waals surface area contributed by atoms with E-state index in [9.17, 15) is 9.59 Å². The molecule has 0 spiro atoms. The highest BCUT2D eigenvalue weighted by molar-refractivity contribution is 6.12. The van der Waals surface area contributed by atoms with Crippen LogP contribution in [0.5, 0.6) is 0 Å². The van der Waals surface area contributed by atoms with Crippen molar-refractivity contribution in [1.82, 2.24) is 15.2 Å². The number of anilines is 1. The lowest BCUT2D eigenvalue weighted by atomic mass is 10.0. The minimum atomic E-state index is -0.621. The van der Waals surface area contributed by atoms with E-state index in [-0.39, 0.29) is 12.5 Å². The molecule has 0 aliphatic carbocycles. The second-order valence-electron chi connectivity index (χ2n) is 5.77. The number of nitrogens with zero attached hydrogens (tertiary/aromatic N) is 3. The number of aromatic nitrogens is 3. The van der Waals surface area contributed by atoms with E-state index < -0.39 is 11.9 Å². The molecule has 3 heterocycles. The van der Waals surface area contributed by atoms with Crippen molar-refractivity contribution >= 4 is 40.5 Å². The van der Waals surface area contributed by atoms with Crippen molar-refractivity contribution in [3.63, 3.8) is 0 Å². The van der Waals surface area contributed by atoms with Crippen LogP contribution in [0, 0.1) is 0 Å². The number of pyridine rings is 1. The van der Waals surface area contributed by atoms with Gasteiger partial charge in [0.15, 0.2) is 0 Å². The number of aliphatic imine (C=N–C) groups is 1. The summed E-state index contributed by atoms with van der Waals surface area (Å²) in [5.74, 6) is -0.893. The molecule has 1 aromatic carbocycles. The van der Waals surface area contributed by atoms with E-state index >= 15 is 0 Å². The molecule has 26 heavy (non-hydrogen) atoms. The highest BCUT2D eigenvalue weighted by atomic mass is 16.5. The number of rotatable bonds is 4. The minimum Gasteiger partial charge on any atom is -0.462 e. The average molecular weight is 349 g/mol. The molecular formula is C18H15N5O3. The van der Waals surface area contributed by atoms with Gasteiger partial charge in [-0.3, -0.25) is 14.9 Å². The molecule has 3 aromatic rings. The summed E-state index contributed by atoms with van der Waals surface area (Å²) in [6.07, 6.45) is 4.67. The lowest BCUT2D eigenvalue weighted by Crippen LogP contribution is -2.13. The Kier molecular flexibility index (Phi) is 3.92. The van der Waals surface area contributed by atoms with Gasteiger partial charge in [-0.2, -0.15) is 5.10 Å². The molecule has 1 atom stereocenters. The summed E-state index contributed by atoms with van der Waals surface area (Å²) in [7, 11) is 0. The largest absolute Gasteiger partial charge is 0.462 e. The van der Waals surface area contributed by atoms with Gasteiger partial charge in [-0.05, 0) is 31.2 Å². The molecule has 0 bridgehead atoms. The van der Waals surface area contributed by atoms with Crippen LogP contribution in [0.25, 0.3) is 10.9 Å². The van der Waals surface area contributed by atoms with Crippen LogP contribution in [0.1, 0.15) is 28.8 Å².